The van der Waals surface area contributed by atoms with Gasteiger partial charge in [0.2, 0.25) is 0 Å². The average Bonchev–Trinajstić information content (AvgIpc) is 3.12. The highest BCUT2D eigenvalue weighted by Gasteiger charge is 2.16. The molecule has 0 saturated heterocycles. The Kier molecular flexibility index (Phi) is 18.7. The molecule has 2 aromatic carbocycles. The normalized spacial score (nSPS) is 18.3. The van der Waals surface area contributed by atoms with Gasteiger partial charge in [0.25, 0.3) is 0 Å². The van der Waals surface area contributed by atoms with E-state index in [2.05, 4.69) is 74.5 Å². The Morgan fingerprint density at radius 3 is 1.23 bits per heavy atom. The number of ether oxygens (including phenoxy) is 1. The summed E-state index contributed by atoms with van der Waals surface area (Å²) in [6, 6.07) is 19.1. The van der Waals surface area contributed by atoms with E-state index >= 15 is 0 Å². The van der Waals surface area contributed by atoms with Gasteiger partial charge in [-0.05, 0) is 150 Å². The quantitative estimate of drug-likeness (QED) is 0.0821. The second kappa shape index (κ2) is 23.3. The Labute approximate surface area is 291 Å². The summed E-state index contributed by atoms with van der Waals surface area (Å²) < 4.78 is 6.06. The summed E-state index contributed by atoms with van der Waals surface area (Å²) >= 11 is 0. The maximum absolute atomic E-state index is 6.06. The molecule has 0 saturated carbocycles. The molecule has 0 radical (unpaired) electrons. The van der Waals surface area contributed by atoms with Crippen molar-refractivity contribution in [1.82, 2.24) is 0 Å². The smallest absolute Gasteiger partial charge is 0.0469 e. The van der Waals surface area contributed by atoms with Crippen molar-refractivity contribution in [3.05, 3.63) is 94.1 Å². The van der Waals surface area contributed by atoms with Gasteiger partial charge in [-0.1, -0.05) is 124 Å². The Bertz CT molecular complexity index is 1050. The van der Waals surface area contributed by atoms with E-state index in [1.54, 1.807) is 11.1 Å². The van der Waals surface area contributed by atoms with E-state index < -0.39 is 0 Å². The molecular weight excluding hydrogens is 569 g/mol. The van der Waals surface area contributed by atoms with Gasteiger partial charge in [-0.3, -0.25) is 0 Å². The lowest BCUT2D eigenvalue weighted by Gasteiger charge is -2.22. The SMILES string of the molecule is CCCCCCc1ccc(CCC2CC=C(CCCOCCCC3=CCC(CCc4ccc(CCCCCC)cc4)CC3)CC2)cc1. The number of rotatable bonds is 24. The molecule has 2 aliphatic rings. The van der Waals surface area contributed by atoms with Crippen LogP contribution in [-0.2, 0) is 30.4 Å². The predicted molar refractivity (Wildman–Crippen MR) is 205 cm³/mol. The molecule has 0 spiro atoms. The van der Waals surface area contributed by atoms with Crippen LogP contribution in [0.3, 0.4) is 0 Å². The maximum Gasteiger partial charge on any atom is 0.0469 e. The molecule has 2 aromatic rings. The largest absolute Gasteiger partial charge is 0.381 e. The van der Waals surface area contributed by atoms with Crippen molar-refractivity contribution >= 4 is 0 Å². The molecule has 0 heterocycles. The molecule has 0 amide bonds. The van der Waals surface area contributed by atoms with Gasteiger partial charge in [0.15, 0.2) is 0 Å². The summed E-state index contributed by atoms with van der Waals surface area (Å²) in [5, 5.41) is 0. The number of hydrogen-bond donors (Lipinski definition) is 0. The first-order valence-electron chi connectivity index (χ1n) is 20.3. The van der Waals surface area contributed by atoms with Crippen LogP contribution in [0.5, 0.6) is 0 Å². The Hall–Kier alpha value is -2.12. The van der Waals surface area contributed by atoms with E-state index in [1.165, 1.54) is 176 Å². The third-order valence-electron chi connectivity index (χ3n) is 11.2. The van der Waals surface area contributed by atoms with Crippen molar-refractivity contribution in [2.24, 2.45) is 11.8 Å². The van der Waals surface area contributed by atoms with Gasteiger partial charge < -0.3 is 4.74 Å². The first-order chi connectivity index (χ1) is 23.2. The molecule has 1 heteroatoms. The zero-order chi connectivity index (χ0) is 32.8. The van der Waals surface area contributed by atoms with Crippen LogP contribution in [0.1, 0.15) is 165 Å². The fourth-order valence-electron chi connectivity index (χ4n) is 7.77. The van der Waals surface area contributed by atoms with E-state index in [0.29, 0.717) is 0 Å². The minimum absolute atomic E-state index is 0.871. The Morgan fingerprint density at radius 1 is 0.468 bits per heavy atom. The molecule has 2 atom stereocenters. The number of allylic oxidation sites excluding steroid dienone is 4. The molecule has 4 rings (SSSR count). The van der Waals surface area contributed by atoms with Crippen LogP contribution in [0, 0.1) is 11.8 Å². The molecule has 0 bridgehead atoms. The summed E-state index contributed by atoms with van der Waals surface area (Å²) in [7, 11) is 0. The molecule has 0 aromatic heterocycles. The van der Waals surface area contributed by atoms with Gasteiger partial charge in [-0.15, -0.1) is 0 Å². The van der Waals surface area contributed by atoms with Crippen LogP contribution in [0.15, 0.2) is 71.8 Å². The minimum atomic E-state index is 0.871. The highest BCUT2D eigenvalue weighted by Crippen LogP contribution is 2.31. The zero-order valence-corrected chi connectivity index (χ0v) is 30.7. The van der Waals surface area contributed by atoms with Crippen LogP contribution in [-0.4, -0.2) is 13.2 Å². The molecule has 2 aliphatic carbocycles. The third kappa shape index (κ3) is 15.8. The van der Waals surface area contributed by atoms with Gasteiger partial charge in [-0.25, -0.2) is 0 Å². The lowest BCUT2D eigenvalue weighted by molar-refractivity contribution is 0.129. The summed E-state index contributed by atoms with van der Waals surface area (Å²) in [6.45, 7) is 6.43. The summed E-state index contributed by atoms with van der Waals surface area (Å²) in [6.07, 6.45) is 36.4. The second-order valence-corrected chi connectivity index (χ2v) is 15.2. The van der Waals surface area contributed by atoms with Crippen molar-refractivity contribution in [2.45, 2.75) is 168 Å². The van der Waals surface area contributed by atoms with Crippen LogP contribution in [0.2, 0.25) is 0 Å². The van der Waals surface area contributed by atoms with Gasteiger partial charge in [0.05, 0.1) is 0 Å². The van der Waals surface area contributed by atoms with Gasteiger partial charge in [-0.2, -0.15) is 0 Å². The van der Waals surface area contributed by atoms with E-state index in [0.717, 1.165) is 25.0 Å². The summed E-state index contributed by atoms with van der Waals surface area (Å²) in [4.78, 5) is 0. The van der Waals surface area contributed by atoms with Gasteiger partial charge in [0.1, 0.15) is 0 Å². The lowest BCUT2D eigenvalue weighted by Crippen LogP contribution is -2.08. The molecule has 2 unspecified atom stereocenters. The number of aryl methyl sites for hydroxylation is 4. The van der Waals surface area contributed by atoms with Crippen molar-refractivity contribution < 1.29 is 4.74 Å². The van der Waals surface area contributed by atoms with Crippen LogP contribution in [0.25, 0.3) is 0 Å². The molecule has 0 aliphatic heterocycles. The fourth-order valence-corrected chi connectivity index (χ4v) is 7.77. The minimum Gasteiger partial charge on any atom is -0.381 e. The molecule has 47 heavy (non-hydrogen) atoms. The Morgan fingerprint density at radius 2 is 0.872 bits per heavy atom. The van der Waals surface area contributed by atoms with Crippen LogP contribution in [0.4, 0.5) is 0 Å². The predicted octanol–water partition coefficient (Wildman–Crippen LogP) is 13.5. The molecule has 0 N–H and O–H groups in total. The molecule has 1 nitrogen and oxygen atoms in total. The first kappa shape index (κ1) is 37.7. The lowest BCUT2D eigenvalue weighted by atomic mass is 9.84. The highest BCUT2D eigenvalue weighted by atomic mass is 16.5. The van der Waals surface area contributed by atoms with Crippen molar-refractivity contribution in [1.29, 1.82) is 0 Å². The third-order valence-corrected chi connectivity index (χ3v) is 11.2. The van der Waals surface area contributed by atoms with E-state index in [1.807, 2.05) is 0 Å². The van der Waals surface area contributed by atoms with Crippen molar-refractivity contribution in [3.63, 3.8) is 0 Å². The topological polar surface area (TPSA) is 9.23 Å². The van der Waals surface area contributed by atoms with Crippen LogP contribution >= 0.6 is 0 Å². The van der Waals surface area contributed by atoms with Gasteiger partial charge in [0, 0.05) is 13.2 Å². The number of benzene rings is 2. The Balaban J connectivity index is 0.971. The monoisotopic (exact) mass is 639 g/mol. The van der Waals surface area contributed by atoms with Gasteiger partial charge >= 0.3 is 0 Å². The second-order valence-electron chi connectivity index (χ2n) is 15.2. The fraction of sp³-hybridized carbons (Fsp3) is 0.652. The first-order valence-corrected chi connectivity index (χ1v) is 20.3. The molecule has 0 fully saturated rings. The van der Waals surface area contributed by atoms with Crippen molar-refractivity contribution in [3.8, 4) is 0 Å². The zero-order valence-electron chi connectivity index (χ0n) is 30.7. The average molecular weight is 639 g/mol. The molecule has 260 valence electrons. The molecular formula is C46H70O. The number of hydrogen-bond acceptors (Lipinski definition) is 1. The van der Waals surface area contributed by atoms with E-state index in [-0.39, 0.29) is 0 Å². The van der Waals surface area contributed by atoms with E-state index in [4.69, 9.17) is 4.74 Å². The van der Waals surface area contributed by atoms with Crippen molar-refractivity contribution in [2.75, 3.05) is 13.2 Å². The number of unbranched alkanes of at least 4 members (excludes halogenated alkanes) is 6. The standard InChI is InChI=1S/C46H70O/c1-3-5-7-9-13-39-17-25-43(26-18-39)33-35-45-29-21-41(22-30-45)15-11-37-47-38-12-16-42-23-31-46(32-24-42)36-34-44-27-19-40(20-28-44)14-10-8-6-4-2/h17-21,23,25-28,45-46H,3-16,22,24,29-38H2,1-2H3. The summed E-state index contributed by atoms with van der Waals surface area (Å²) in [5.74, 6) is 1.74. The van der Waals surface area contributed by atoms with E-state index in [9.17, 15) is 0 Å². The van der Waals surface area contributed by atoms with Crippen LogP contribution < -0.4 is 0 Å². The highest BCUT2D eigenvalue weighted by molar-refractivity contribution is 5.24. The summed E-state index contributed by atoms with van der Waals surface area (Å²) in [5.41, 5.74) is 9.47. The maximum atomic E-state index is 6.06.